The quantitative estimate of drug-likeness (QED) is 0.332. The predicted molar refractivity (Wildman–Crippen MR) is 133 cm³/mol. The first kappa shape index (κ1) is 24.7. The average molecular weight is 449 g/mol. The van der Waals surface area contributed by atoms with Gasteiger partial charge in [-0.05, 0) is 69.1 Å². The van der Waals surface area contributed by atoms with Crippen molar-refractivity contribution in [3.8, 4) is 0 Å². The Labute approximate surface area is 197 Å². The predicted octanol–water partition coefficient (Wildman–Crippen LogP) is 5.02. The first-order valence-electron chi connectivity index (χ1n) is 12.0. The topological polar surface area (TPSA) is 60.9 Å². The lowest BCUT2D eigenvalue weighted by Crippen LogP contribution is -2.33. The van der Waals surface area contributed by atoms with Crippen LogP contribution in [0.3, 0.4) is 0 Å². The van der Waals surface area contributed by atoms with Crippen LogP contribution in [0.2, 0.25) is 0 Å². The van der Waals surface area contributed by atoms with Gasteiger partial charge in [0.2, 0.25) is 0 Å². The minimum atomic E-state index is -0.610. The summed E-state index contributed by atoms with van der Waals surface area (Å²) in [6.45, 7) is 13.4. The van der Waals surface area contributed by atoms with Gasteiger partial charge in [-0.25, -0.2) is 0 Å². The van der Waals surface area contributed by atoms with Gasteiger partial charge in [0.15, 0.2) is 0 Å². The Bertz CT molecular complexity index is 1040. The summed E-state index contributed by atoms with van der Waals surface area (Å²) in [5, 5.41) is 11.3. The molecular formula is C28H36N2O3. The van der Waals surface area contributed by atoms with Gasteiger partial charge in [-0.2, -0.15) is 0 Å². The first-order valence-corrected chi connectivity index (χ1v) is 12.0. The number of likely N-dealkylation sites (tertiary alicyclic amines) is 1. The maximum absolute atomic E-state index is 13.2. The van der Waals surface area contributed by atoms with Crippen molar-refractivity contribution in [2.45, 2.75) is 53.5 Å². The van der Waals surface area contributed by atoms with Crippen molar-refractivity contribution < 1.29 is 14.7 Å². The highest BCUT2D eigenvalue weighted by Gasteiger charge is 2.45. The molecule has 33 heavy (non-hydrogen) atoms. The van der Waals surface area contributed by atoms with E-state index in [0.717, 1.165) is 49.2 Å². The Morgan fingerprint density at radius 3 is 2.27 bits per heavy atom. The van der Waals surface area contributed by atoms with Gasteiger partial charge in [0, 0.05) is 12.1 Å². The molecule has 1 heterocycles. The molecule has 176 valence electrons. The Morgan fingerprint density at radius 2 is 1.67 bits per heavy atom. The fraction of sp³-hybridized carbons (Fsp3) is 0.429. The second kappa shape index (κ2) is 10.8. The maximum atomic E-state index is 13.2. The fourth-order valence-corrected chi connectivity index (χ4v) is 4.53. The van der Waals surface area contributed by atoms with Crippen LogP contribution in [-0.4, -0.2) is 52.8 Å². The summed E-state index contributed by atoms with van der Waals surface area (Å²) >= 11 is 0. The highest BCUT2D eigenvalue weighted by Crippen LogP contribution is 2.40. The Morgan fingerprint density at radius 1 is 1.00 bits per heavy atom. The number of carbonyl (C=O) groups is 2. The number of aryl methyl sites for hydroxylation is 3. The van der Waals surface area contributed by atoms with Crippen molar-refractivity contribution in [1.29, 1.82) is 0 Å². The van der Waals surface area contributed by atoms with E-state index in [-0.39, 0.29) is 11.3 Å². The van der Waals surface area contributed by atoms with Crippen molar-refractivity contribution >= 4 is 17.4 Å². The Hall–Kier alpha value is -2.92. The molecule has 0 aliphatic carbocycles. The number of benzene rings is 2. The molecule has 1 N–H and O–H groups in total. The summed E-state index contributed by atoms with van der Waals surface area (Å²) in [6, 6.07) is 13.2. The van der Waals surface area contributed by atoms with Gasteiger partial charge in [-0.1, -0.05) is 62.7 Å². The van der Waals surface area contributed by atoms with Crippen LogP contribution in [0.15, 0.2) is 48.0 Å². The molecule has 3 rings (SSSR count). The Balaban J connectivity index is 2.07. The third-order valence-electron chi connectivity index (χ3n) is 6.66. The summed E-state index contributed by atoms with van der Waals surface area (Å²) in [5.41, 5.74) is 4.67. The van der Waals surface area contributed by atoms with E-state index in [1.54, 1.807) is 4.90 Å². The minimum absolute atomic E-state index is 0.0923. The zero-order valence-electron chi connectivity index (χ0n) is 20.5. The molecule has 1 unspecified atom stereocenters. The van der Waals surface area contributed by atoms with Crippen LogP contribution in [0.5, 0.6) is 0 Å². The molecule has 0 spiro atoms. The largest absolute Gasteiger partial charge is 0.507 e. The number of aliphatic hydroxyl groups excluding tert-OH is 1. The number of ketones is 1. The first-order chi connectivity index (χ1) is 15.8. The number of aliphatic hydroxyl groups is 1. The zero-order chi connectivity index (χ0) is 24.1. The second-order valence-corrected chi connectivity index (χ2v) is 8.79. The third-order valence-corrected chi connectivity index (χ3v) is 6.66. The van der Waals surface area contributed by atoms with Crippen molar-refractivity contribution in [3.63, 3.8) is 0 Å². The van der Waals surface area contributed by atoms with Gasteiger partial charge >= 0.3 is 0 Å². The highest BCUT2D eigenvalue weighted by molar-refractivity contribution is 6.46. The molecule has 1 aliphatic heterocycles. The van der Waals surface area contributed by atoms with Crippen LogP contribution in [0.1, 0.15) is 61.1 Å². The van der Waals surface area contributed by atoms with E-state index in [0.29, 0.717) is 12.1 Å². The monoisotopic (exact) mass is 448 g/mol. The number of Topliss-reactive ketones (excluding diaryl/α,β-unsaturated/α-hetero) is 1. The summed E-state index contributed by atoms with van der Waals surface area (Å²) in [7, 11) is 0. The summed E-state index contributed by atoms with van der Waals surface area (Å²) in [5.74, 6) is -1.24. The highest BCUT2D eigenvalue weighted by atomic mass is 16.3. The fourth-order valence-electron chi connectivity index (χ4n) is 4.53. The van der Waals surface area contributed by atoms with Crippen molar-refractivity contribution in [2.75, 3.05) is 26.2 Å². The summed E-state index contributed by atoms with van der Waals surface area (Å²) in [4.78, 5) is 30.3. The van der Waals surface area contributed by atoms with Crippen molar-refractivity contribution in [3.05, 3.63) is 75.9 Å². The maximum Gasteiger partial charge on any atom is 0.295 e. The van der Waals surface area contributed by atoms with Gasteiger partial charge in [0.05, 0.1) is 11.6 Å². The van der Waals surface area contributed by atoms with Crippen LogP contribution >= 0.6 is 0 Å². The lowest BCUT2D eigenvalue weighted by Gasteiger charge is -2.27. The van der Waals surface area contributed by atoms with Crippen LogP contribution in [0, 0.1) is 13.8 Å². The van der Waals surface area contributed by atoms with Crippen LogP contribution < -0.4 is 0 Å². The van der Waals surface area contributed by atoms with Crippen molar-refractivity contribution in [2.24, 2.45) is 0 Å². The van der Waals surface area contributed by atoms with E-state index in [1.165, 1.54) is 5.56 Å². The molecule has 5 heteroatoms. The molecule has 0 saturated carbocycles. The van der Waals surface area contributed by atoms with E-state index >= 15 is 0 Å². The normalized spacial score (nSPS) is 17.9. The Kier molecular flexibility index (Phi) is 8.09. The summed E-state index contributed by atoms with van der Waals surface area (Å²) in [6.07, 6.45) is 1.68. The molecule has 2 aromatic carbocycles. The molecule has 1 atom stereocenters. The van der Waals surface area contributed by atoms with Crippen LogP contribution in [-0.2, 0) is 16.0 Å². The molecule has 0 bridgehead atoms. The average Bonchev–Trinajstić information content (AvgIpc) is 3.08. The number of amides is 1. The third kappa shape index (κ3) is 5.19. The van der Waals surface area contributed by atoms with Gasteiger partial charge in [0.25, 0.3) is 11.7 Å². The molecule has 2 aromatic rings. The standard InChI is InChI=1S/C28H36N2O3/c1-6-21-12-14-22(15-13-21)25-24(26(31)23-18-19(4)10-11-20(23)5)27(32)28(33)30(25)17-9-16-29(7-2)8-3/h10-15,18,25,31H,6-9,16-17H2,1-5H3. The van der Waals surface area contributed by atoms with Gasteiger partial charge < -0.3 is 14.9 Å². The van der Waals surface area contributed by atoms with E-state index in [2.05, 4.69) is 25.7 Å². The summed E-state index contributed by atoms with van der Waals surface area (Å²) < 4.78 is 0. The lowest BCUT2D eigenvalue weighted by molar-refractivity contribution is -0.140. The number of nitrogens with zero attached hydrogens (tertiary/aromatic N) is 2. The molecule has 0 radical (unpaired) electrons. The second-order valence-electron chi connectivity index (χ2n) is 8.79. The van der Waals surface area contributed by atoms with Gasteiger partial charge in [0.1, 0.15) is 5.76 Å². The molecule has 1 saturated heterocycles. The van der Waals surface area contributed by atoms with Gasteiger partial charge in [-0.3, -0.25) is 9.59 Å². The molecule has 1 amide bonds. The molecule has 0 aromatic heterocycles. The number of carbonyl (C=O) groups excluding carboxylic acids is 2. The zero-order valence-corrected chi connectivity index (χ0v) is 20.5. The molecular weight excluding hydrogens is 412 g/mol. The van der Waals surface area contributed by atoms with E-state index in [4.69, 9.17) is 0 Å². The molecule has 1 fully saturated rings. The lowest BCUT2D eigenvalue weighted by atomic mass is 9.92. The molecule has 5 nitrogen and oxygen atoms in total. The number of hydrogen-bond acceptors (Lipinski definition) is 4. The smallest absolute Gasteiger partial charge is 0.295 e. The van der Waals surface area contributed by atoms with E-state index in [1.807, 2.05) is 56.3 Å². The van der Waals surface area contributed by atoms with E-state index < -0.39 is 17.7 Å². The number of rotatable bonds is 9. The van der Waals surface area contributed by atoms with E-state index in [9.17, 15) is 14.7 Å². The van der Waals surface area contributed by atoms with Crippen molar-refractivity contribution in [1.82, 2.24) is 9.80 Å². The number of hydrogen-bond donors (Lipinski definition) is 1. The minimum Gasteiger partial charge on any atom is -0.507 e. The van der Waals surface area contributed by atoms with Gasteiger partial charge in [-0.15, -0.1) is 0 Å². The van der Waals surface area contributed by atoms with Crippen LogP contribution in [0.4, 0.5) is 0 Å². The van der Waals surface area contributed by atoms with Crippen LogP contribution in [0.25, 0.3) is 5.76 Å². The molecule has 1 aliphatic rings. The SMILES string of the molecule is CCc1ccc(C2C(=C(O)c3cc(C)ccc3C)C(=O)C(=O)N2CCCN(CC)CC)cc1.